The molecule has 0 aromatic rings. The Labute approximate surface area is 82.8 Å². The topological polar surface area (TPSA) is 72.5 Å². The average molecular weight is 201 g/mol. The van der Waals surface area contributed by atoms with E-state index in [1.165, 1.54) is 13.8 Å². The van der Waals surface area contributed by atoms with Crippen molar-refractivity contribution in [2.75, 3.05) is 0 Å². The van der Waals surface area contributed by atoms with Crippen LogP contribution in [0, 0.1) is 0 Å². The molecule has 14 heavy (non-hydrogen) atoms. The molecule has 5 nitrogen and oxygen atoms in total. The van der Waals surface area contributed by atoms with Crippen LogP contribution in [-0.4, -0.2) is 17.7 Å². The summed E-state index contributed by atoms with van der Waals surface area (Å²) in [6.07, 6.45) is 2.05. The van der Waals surface area contributed by atoms with Gasteiger partial charge in [-0.2, -0.15) is 5.48 Å². The molecule has 0 fully saturated rings. The van der Waals surface area contributed by atoms with E-state index >= 15 is 0 Å². The highest BCUT2D eigenvalue weighted by atomic mass is 16.7. The molecule has 1 N–H and O–H groups in total. The van der Waals surface area contributed by atoms with Gasteiger partial charge in [0.2, 0.25) is 0 Å². The number of carbonyl (C=O) groups excluding carboxylic acids is 3. The number of carbonyl (C=O) groups is 3. The molecule has 0 heterocycles. The van der Waals surface area contributed by atoms with E-state index in [2.05, 4.69) is 4.84 Å². The highest BCUT2D eigenvalue weighted by Gasteiger charge is 2.02. The summed E-state index contributed by atoms with van der Waals surface area (Å²) in [6.45, 7) is 2.72. The summed E-state index contributed by atoms with van der Waals surface area (Å²) >= 11 is 0. The van der Waals surface area contributed by atoms with Gasteiger partial charge < -0.3 is 9.63 Å². The Morgan fingerprint density at radius 2 is 1.64 bits per heavy atom. The fourth-order valence-electron chi connectivity index (χ4n) is 0.839. The molecule has 0 rings (SSSR count). The summed E-state index contributed by atoms with van der Waals surface area (Å²) in [5.41, 5.74) is 2.00. The molecule has 0 aromatic carbocycles. The molecule has 0 aromatic heterocycles. The van der Waals surface area contributed by atoms with Gasteiger partial charge >= 0.3 is 5.97 Å². The van der Waals surface area contributed by atoms with Crippen LogP contribution in [0.15, 0.2) is 0 Å². The number of rotatable bonds is 5. The zero-order valence-electron chi connectivity index (χ0n) is 8.46. The van der Waals surface area contributed by atoms with Gasteiger partial charge in [0.15, 0.2) is 0 Å². The first-order chi connectivity index (χ1) is 6.52. The zero-order valence-corrected chi connectivity index (χ0v) is 8.46. The van der Waals surface area contributed by atoms with Crippen LogP contribution in [0.25, 0.3) is 0 Å². The molecular weight excluding hydrogens is 186 g/mol. The van der Waals surface area contributed by atoms with Crippen LogP contribution >= 0.6 is 0 Å². The maximum Gasteiger partial charge on any atom is 0.329 e. The third-order valence-electron chi connectivity index (χ3n) is 1.49. The molecule has 0 saturated carbocycles. The maximum atomic E-state index is 10.9. The van der Waals surface area contributed by atoms with E-state index in [1.807, 2.05) is 5.48 Å². The van der Waals surface area contributed by atoms with Gasteiger partial charge in [-0.3, -0.25) is 9.59 Å². The van der Waals surface area contributed by atoms with Gasteiger partial charge in [-0.25, -0.2) is 0 Å². The molecule has 0 atom stereocenters. The van der Waals surface area contributed by atoms with E-state index in [0.29, 0.717) is 19.3 Å². The second kappa shape index (κ2) is 7.06. The van der Waals surface area contributed by atoms with Gasteiger partial charge in [0.1, 0.15) is 5.78 Å². The van der Waals surface area contributed by atoms with Crippen LogP contribution in [0.2, 0.25) is 0 Å². The first-order valence-corrected chi connectivity index (χ1v) is 4.48. The van der Waals surface area contributed by atoms with Crippen molar-refractivity contribution < 1.29 is 19.2 Å². The Morgan fingerprint density at radius 1 is 1.07 bits per heavy atom. The van der Waals surface area contributed by atoms with E-state index in [0.717, 1.165) is 0 Å². The Morgan fingerprint density at radius 3 is 2.14 bits per heavy atom. The second-order valence-corrected chi connectivity index (χ2v) is 3.03. The van der Waals surface area contributed by atoms with Gasteiger partial charge in [0.25, 0.3) is 5.91 Å². The average Bonchev–Trinajstić information content (AvgIpc) is 2.08. The second-order valence-electron chi connectivity index (χ2n) is 3.03. The van der Waals surface area contributed by atoms with Crippen molar-refractivity contribution in [2.24, 2.45) is 0 Å². The van der Waals surface area contributed by atoms with Crippen LogP contribution in [0.4, 0.5) is 0 Å². The van der Waals surface area contributed by atoms with Crippen molar-refractivity contribution in [3.63, 3.8) is 0 Å². The molecule has 0 bridgehead atoms. The summed E-state index contributed by atoms with van der Waals surface area (Å²) in [7, 11) is 0. The van der Waals surface area contributed by atoms with E-state index in [4.69, 9.17) is 0 Å². The smallest absolute Gasteiger partial charge is 0.329 e. The minimum absolute atomic E-state index is 0.116. The Hall–Kier alpha value is -1.39. The standard InChI is InChI=1S/C9H15NO4/c1-7(11)5-3-4-6-9(13)10-14-8(2)12/h3-6H2,1-2H3,(H,10,13). The maximum absolute atomic E-state index is 10.9. The highest BCUT2D eigenvalue weighted by molar-refractivity contribution is 5.77. The van der Waals surface area contributed by atoms with Crippen LogP contribution < -0.4 is 5.48 Å². The molecule has 0 spiro atoms. The van der Waals surface area contributed by atoms with Crippen molar-refractivity contribution >= 4 is 17.7 Å². The molecule has 0 unspecified atom stereocenters. The molecule has 0 aliphatic heterocycles. The van der Waals surface area contributed by atoms with Crippen LogP contribution in [-0.2, 0) is 19.2 Å². The molecule has 0 saturated heterocycles. The zero-order chi connectivity index (χ0) is 11.0. The van der Waals surface area contributed by atoms with Crippen LogP contribution in [0.1, 0.15) is 39.5 Å². The lowest BCUT2D eigenvalue weighted by atomic mass is 10.1. The number of hydrogen-bond donors (Lipinski definition) is 1. The molecule has 5 heteroatoms. The van der Waals surface area contributed by atoms with Gasteiger partial charge in [-0.05, 0) is 19.8 Å². The van der Waals surface area contributed by atoms with Crippen molar-refractivity contribution in [1.82, 2.24) is 5.48 Å². The predicted octanol–water partition coefficient (Wildman–Crippen LogP) is 0.730. The van der Waals surface area contributed by atoms with E-state index in [9.17, 15) is 14.4 Å². The molecule has 1 amide bonds. The van der Waals surface area contributed by atoms with Gasteiger partial charge in [-0.1, -0.05) is 0 Å². The summed E-state index contributed by atoms with van der Waals surface area (Å²) < 4.78 is 0. The monoisotopic (exact) mass is 201 g/mol. The van der Waals surface area contributed by atoms with Crippen molar-refractivity contribution in [3.05, 3.63) is 0 Å². The molecular formula is C9H15NO4. The normalized spacial score (nSPS) is 9.29. The number of amides is 1. The first kappa shape index (κ1) is 12.6. The number of Topliss-reactive ketones (excluding diaryl/α,β-unsaturated/α-hetero) is 1. The Kier molecular flexibility index (Phi) is 6.36. The third kappa shape index (κ3) is 8.70. The quantitative estimate of drug-likeness (QED) is 0.525. The number of nitrogens with one attached hydrogen (secondary N) is 1. The van der Waals surface area contributed by atoms with Gasteiger partial charge in [0.05, 0.1) is 0 Å². The van der Waals surface area contributed by atoms with Crippen molar-refractivity contribution in [1.29, 1.82) is 0 Å². The summed E-state index contributed by atoms with van der Waals surface area (Å²) in [6, 6.07) is 0. The van der Waals surface area contributed by atoms with Gasteiger partial charge in [-0.15, -0.1) is 0 Å². The number of hydroxylamine groups is 1. The van der Waals surface area contributed by atoms with Crippen LogP contribution in [0.5, 0.6) is 0 Å². The van der Waals surface area contributed by atoms with E-state index in [1.54, 1.807) is 0 Å². The number of ketones is 1. The Balaban J connectivity index is 3.36. The molecule has 0 aliphatic carbocycles. The molecule has 0 radical (unpaired) electrons. The largest absolute Gasteiger partial charge is 0.341 e. The van der Waals surface area contributed by atoms with Crippen molar-refractivity contribution in [2.45, 2.75) is 39.5 Å². The number of hydrogen-bond acceptors (Lipinski definition) is 4. The Bertz CT molecular complexity index is 225. The lowest BCUT2D eigenvalue weighted by Gasteiger charge is -2.02. The highest BCUT2D eigenvalue weighted by Crippen LogP contribution is 2.00. The van der Waals surface area contributed by atoms with E-state index < -0.39 is 5.97 Å². The molecule has 80 valence electrons. The predicted molar refractivity (Wildman–Crippen MR) is 49.1 cm³/mol. The molecule has 0 aliphatic rings. The van der Waals surface area contributed by atoms with E-state index in [-0.39, 0.29) is 18.1 Å². The fraction of sp³-hybridized carbons (Fsp3) is 0.667. The number of unbranched alkanes of at least 4 members (excludes halogenated alkanes) is 1. The SMILES string of the molecule is CC(=O)CCCCC(=O)NOC(C)=O. The summed E-state index contributed by atoms with van der Waals surface area (Å²) in [5, 5.41) is 0. The van der Waals surface area contributed by atoms with Crippen molar-refractivity contribution in [3.8, 4) is 0 Å². The van der Waals surface area contributed by atoms with Gasteiger partial charge in [0, 0.05) is 19.8 Å². The minimum atomic E-state index is -0.554. The first-order valence-electron chi connectivity index (χ1n) is 4.48. The fourth-order valence-corrected chi connectivity index (χ4v) is 0.839. The summed E-state index contributed by atoms with van der Waals surface area (Å²) in [4.78, 5) is 36.0. The lowest BCUT2D eigenvalue weighted by Crippen LogP contribution is -2.25. The lowest BCUT2D eigenvalue weighted by molar-refractivity contribution is -0.156. The minimum Gasteiger partial charge on any atom is -0.341 e. The third-order valence-corrected chi connectivity index (χ3v) is 1.49. The summed E-state index contributed by atoms with van der Waals surface area (Å²) in [5.74, 6) is -0.781. The van der Waals surface area contributed by atoms with Crippen LogP contribution in [0.3, 0.4) is 0 Å².